The molecule has 1 aromatic heterocycles. The average Bonchev–Trinajstić information content (AvgIpc) is 3.43. The number of nitriles is 1. The number of thiophene rings is 1. The van der Waals surface area contributed by atoms with Crippen LogP contribution in [0.25, 0.3) is 0 Å². The highest BCUT2D eigenvalue weighted by Crippen LogP contribution is 2.30. The van der Waals surface area contributed by atoms with E-state index in [0.717, 1.165) is 11.3 Å². The highest BCUT2D eigenvalue weighted by molar-refractivity contribution is 7.18. The Labute approximate surface area is 261 Å². The minimum absolute atomic E-state index is 0.0864. The van der Waals surface area contributed by atoms with Gasteiger partial charge in [0.15, 0.2) is 5.78 Å². The number of alkyl halides is 3. The van der Waals surface area contributed by atoms with E-state index >= 15 is 0 Å². The summed E-state index contributed by atoms with van der Waals surface area (Å²) in [6.07, 6.45) is -6.02. The first-order chi connectivity index (χ1) is 20.7. The molecule has 0 aliphatic carbocycles. The normalized spacial score (nSPS) is 13.3. The Morgan fingerprint density at radius 2 is 1.70 bits per heavy atom. The van der Waals surface area contributed by atoms with Gasteiger partial charge in [-0.15, -0.1) is 11.3 Å². The van der Waals surface area contributed by atoms with Gasteiger partial charge in [-0.2, -0.15) is 18.4 Å². The summed E-state index contributed by atoms with van der Waals surface area (Å²) in [5.41, 5.74) is 1.07. The number of carbonyl (C=O) groups excluding carboxylic acids is 4. The summed E-state index contributed by atoms with van der Waals surface area (Å²) in [7, 11) is 1.42. The number of hydrogen-bond donors (Lipinski definition) is 2. The predicted molar refractivity (Wildman–Crippen MR) is 158 cm³/mol. The Hall–Kier alpha value is -4.21. The third kappa shape index (κ3) is 9.14. The molecule has 0 aliphatic heterocycles. The number of benzene rings is 2. The van der Waals surface area contributed by atoms with Crippen LogP contribution in [0.15, 0.2) is 60.7 Å². The molecule has 8 nitrogen and oxygen atoms in total. The van der Waals surface area contributed by atoms with Crippen molar-refractivity contribution < 1.29 is 37.1 Å². The molecule has 2 aromatic carbocycles. The van der Waals surface area contributed by atoms with Gasteiger partial charge in [-0.25, -0.2) is 0 Å². The van der Waals surface area contributed by atoms with Crippen LogP contribution in [0.1, 0.15) is 52.7 Å². The Balaban J connectivity index is 1.97. The number of nitrogens with zero attached hydrogens (tertiary/aromatic N) is 1. The number of nitrogens with one attached hydrogen (secondary N) is 2. The Kier molecular flexibility index (Phi) is 11.7. The zero-order valence-electron chi connectivity index (χ0n) is 23.9. The van der Waals surface area contributed by atoms with Gasteiger partial charge in [0.2, 0.25) is 11.7 Å². The quantitative estimate of drug-likeness (QED) is 0.240. The van der Waals surface area contributed by atoms with E-state index in [2.05, 4.69) is 10.6 Å². The van der Waals surface area contributed by atoms with Crippen molar-refractivity contribution in [2.75, 3.05) is 7.11 Å². The number of ketones is 2. The summed E-state index contributed by atoms with van der Waals surface area (Å²) in [5.74, 6) is -6.37. The van der Waals surface area contributed by atoms with Crippen LogP contribution in [0.2, 0.25) is 4.34 Å². The average molecular weight is 648 g/mol. The molecule has 3 rings (SSSR count). The van der Waals surface area contributed by atoms with Crippen molar-refractivity contribution in [3.8, 4) is 11.8 Å². The fourth-order valence-corrected chi connectivity index (χ4v) is 5.39. The zero-order chi connectivity index (χ0) is 32.6. The minimum atomic E-state index is -5.15. The van der Waals surface area contributed by atoms with E-state index in [4.69, 9.17) is 16.3 Å². The van der Waals surface area contributed by atoms with Crippen LogP contribution >= 0.6 is 22.9 Å². The molecular weight excluding hydrogens is 619 g/mol. The summed E-state index contributed by atoms with van der Waals surface area (Å²) in [4.78, 5) is 52.8. The number of ether oxygens (including phenoxy) is 1. The Morgan fingerprint density at radius 3 is 2.25 bits per heavy atom. The SMILES string of the molecule is COc1ccc([C@H](NC(=O)[C@H](Cc2cccc(C#N)c2)NC(=O)c2ccc(Cl)s2)C(=O)C[C@H](C(=O)C(F)(F)F)C(C)C)cc1. The molecule has 0 unspecified atom stereocenters. The largest absolute Gasteiger partial charge is 0.497 e. The number of methoxy groups -OCH3 is 1. The van der Waals surface area contributed by atoms with Gasteiger partial charge in [-0.3, -0.25) is 19.2 Å². The van der Waals surface area contributed by atoms with E-state index in [9.17, 15) is 37.6 Å². The van der Waals surface area contributed by atoms with Gasteiger partial charge in [-0.05, 0) is 53.4 Å². The van der Waals surface area contributed by atoms with Crippen molar-refractivity contribution in [2.24, 2.45) is 11.8 Å². The van der Waals surface area contributed by atoms with E-state index < -0.39 is 59.9 Å². The smallest absolute Gasteiger partial charge is 0.450 e. The number of hydrogen-bond acceptors (Lipinski definition) is 7. The lowest BCUT2D eigenvalue weighted by Gasteiger charge is -2.26. The van der Waals surface area contributed by atoms with E-state index in [1.54, 1.807) is 18.2 Å². The fraction of sp³-hybridized carbons (Fsp3) is 0.323. The van der Waals surface area contributed by atoms with Gasteiger partial charge in [-0.1, -0.05) is 49.7 Å². The van der Waals surface area contributed by atoms with Gasteiger partial charge < -0.3 is 15.4 Å². The lowest BCUT2D eigenvalue weighted by Crippen LogP contribution is -2.50. The van der Waals surface area contributed by atoms with Gasteiger partial charge >= 0.3 is 6.18 Å². The van der Waals surface area contributed by atoms with Crippen molar-refractivity contribution in [1.29, 1.82) is 5.26 Å². The molecule has 2 N–H and O–H groups in total. The molecular formula is C31H29ClF3N3O5S. The van der Waals surface area contributed by atoms with Crippen LogP contribution in [-0.4, -0.2) is 42.7 Å². The maximum absolute atomic E-state index is 13.8. The first kappa shape index (κ1) is 34.3. The van der Waals surface area contributed by atoms with E-state index in [1.165, 1.54) is 63.4 Å². The van der Waals surface area contributed by atoms with Crippen LogP contribution in [0.3, 0.4) is 0 Å². The maximum atomic E-state index is 13.8. The summed E-state index contributed by atoms with van der Waals surface area (Å²) in [6, 6.07) is 14.6. The first-order valence-electron chi connectivity index (χ1n) is 13.4. The topological polar surface area (TPSA) is 125 Å². The van der Waals surface area contributed by atoms with Gasteiger partial charge in [0, 0.05) is 18.8 Å². The lowest BCUT2D eigenvalue weighted by atomic mass is 9.84. The molecule has 0 radical (unpaired) electrons. The molecule has 0 fully saturated rings. The molecule has 2 amide bonds. The Morgan fingerprint density at radius 1 is 1.02 bits per heavy atom. The molecule has 232 valence electrons. The van der Waals surface area contributed by atoms with Gasteiger partial charge in [0.25, 0.3) is 5.91 Å². The van der Waals surface area contributed by atoms with Gasteiger partial charge in [0.1, 0.15) is 17.8 Å². The highest BCUT2D eigenvalue weighted by atomic mass is 35.5. The number of carbonyl (C=O) groups is 4. The number of rotatable bonds is 13. The monoisotopic (exact) mass is 647 g/mol. The molecule has 0 saturated heterocycles. The van der Waals surface area contributed by atoms with E-state index in [1.807, 2.05) is 6.07 Å². The third-order valence-corrected chi connectivity index (χ3v) is 8.04. The molecule has 44 heavy (non-hydrogen) atoms. The minimum Gasteiger partial charge on any atom is -0.497 e. The van der Waals surface area contributed by atoms with Crippen LogP contribution in [0, 0.1) is 23.2 Å². The molecule has 13 heteroatoms. The predicted octanol–water partition coefficient (Wildman–Crippen LogP) is 5.84. The van der Waals surface area contributed by atoms with Crippen molar-refractivity contribution in [3.05, 3.63) is 86.6 Å². The zero-order valence-corrected chi connectivity index (χ0v) is 25.5. The first-order valence-corrected chi connectivity index (χ1v) is 14.6. The molecule has 0 bridgehead atoms. The molecule has 1 heterocycles. The fourth-order valence-electron chi connectivity index (χ4n) is 4.44. The number of halogens is 4. The summed E-state index contributed by atoms with van der Waals surface area (Å²) in [6.45, 7) is 2.81. The van der Waals surface area contributed by atoms with E-state index in [0.29, 0.717) is 21.2 Å². The second-order valence-electron chi connectivity index (χ2n) is 10.2. The summed E-state index contributed by atoms with van der Waals surface area (Å²) < 4.78 is 45.5. The molecule has 3 aromatic rings. The Bertz CT molecular complexity index is 1550. The van der Waals surface area contributed by atoms with Crippen LogP contribution in [0.5, 0.6) is 5.75 Å². The maximum Gasteiger partial charge on any atom is 0.450 e. The second kappa shape index (κ2) is 15.0. The third-order valence-electron chi connectivity index (χ3n) is 6.81. The number of amides is 2. The van der Waals surface area contributed by atoms with Crippen molar-refractivity contribution in [2.45, 2.75) is 44.9 Å². The lowest BCUT2D eigenvalue weighted by molar-refractivity contribution is -0.177. The molecule has 0 saturated carbocycles. The van der Waals surface area contributed by atoms with Gasteiger partial charge in [0.05, 0.1) is 28.0 Å². The highest BCUT2D eigenvalue weighted by Gasteiger charge is 2.45. The van der Waals surface area contributed by atoms with Crippen LogP contribution in [-0.2, 0) is 20.8 Å². The van der Waals surface area contributed by atoms with Crippen molar-refractivity contribution >= 4 is 46.3 Å². The molecule has 0 spiro atoms. The number of Topliss-reactive ketones (excluding diaryl/α,β-unsaturated/α-hetero) is 2. The molecule has 0 aliphatic rings. The summed E-state index contributed by atoms with van der Waals surface area (Å²) in [5, 5.41) is 14.5. The van der Waals surface area contributed by atoms with Crippen LogP contribution < -0.4 is 15.4 Å². The van der Waals surface area contributed by atoms with Crippen molar-refractivity contribution in [1.82, 2.24) is 10.6 Å². The van der Waals surface area contributed by atoms with E-state index in [-0.39, 0.29) is 16.9 Å². The second-order valence-corrected chi connectivity index (χ2v) is 12.0. The van der Waals surface area contributed by atoms with Crippen molar-refractivity contribution in [3.63, 3.8) is 0 Å². The molecule has 3 atom stereocenters. The standard InChI is InChI=1S/C31H29ClF3N3O5S/c1-17(2)22(28(40)31(33,34)35)15-24(39)27(20-7-9-21(43-3)10-8-20)38-29(41)23(14-18-5-4-6-19(13-18)16-36)37-30(42)25-11-12-26(32)44-25/h4-13,17,22-23,27H,14-15H2,1-3H3,(H,37,42)(H,38,41)/t22-,23-,27-/m0/s1. The van der Waals surface area contributed by atoms with Crippen LogP contribution in [0.4, 0.5) is 13.2 Å². The summed E-state index contributed by atoms with van der Waals surface area (Å²) >= 11 is 6.95.